The molecule has 1 aromatic carbocycles. The minimum absolute atomic E-state index is 0.0421. The number of methoxy groups -OCH3 is 1. The third-order valence-corrected chi connectivity index (χ3v) is 3.26. The normalized spacial score (nSPS) is 11.8. The number of nitrogens with one attached hydrogen (secondary N) is 1. The van der Waals surface area contributed by atoms with Crippen LogP contribution in [0.15, 0.2) is 22.7 Å². The number of hydrogen-bond donors (Lipinski definition) is 2. The van der Waals surface area contributed by atoms with E-state index >= 15 is 0 Å². The zero-order chi connectivity index (χ0) is 15.1. The van der Waals surface area contributed by atoms with E-state index in [1.807, 2.05) is 12.1 Å². The Morgan fingerprint density at radius 3 is 2.75 bits per heavy atom. The van der Waals surface area contributed by atoms with Gasteiger partial charge < -0.3 is 15.2 Å². The lowest BCUT2D eigenvalue weighted by Crippen LogP contribution is -2.30. The van der Waals surface area contributed by atoms with Gasteiger partial charge in [-0.05, 0) is 24.1 Å². The molecule has 110 valence electrons. The molecular formula is C14H18BrNO4. The molecule has 5 nitrogen and oxygen atoms in total. The highest BCUT2D eigenvalue weighted by molar-refractivity contribution is 9.10. The van der Waals surface area contributed by atoms with E-state index in [1.165, 1.54) is 0 Å². The maximum atomic E-state index is 11.9. The largest absolute Gasteiger partial charge is 0.496 e. The summed E-state index contributed by atoms with van der Waals surface area (Å²) >= 11 is 3.35. The van der Waals surface area contributed by atoms with Gasteiger partial charge in [0.2, 0.25) is 5.91 Å². The van der Waals surface area contributed by atoms with Crippen LogP contribution < -0.4 is 10.1 Å². The Labute approximate surface area is 126 Å². The van der Waals surface area contributed by atoms with Gasteiger partial charge in [-0.1, -0.05) is 22.9 Å². The average molecular weight is 344 g/mol. The zero-order valence-electron chi connectivity index (χ0n) is 11.5. The molecule has 0 aromatic heterocycles. The lowest BCUT2D eigenvalue weighted by atomic mass is 10.1. The minimum Gasteiger partial charge on any atom is -0.496 e. The van der Waals surface area contributed by atoms with Gasteiger partial charge in [0.1, 0.15) is 5.75 Å². The van der Waals surface area contributed by atoms with Crippen molar-refractivity contribution in [2.24, 2.45) is 5.92 Å². The van der Waals surface area contributed by atoms with Gasteiger partial charge in [0.15, 0.2) is 0 Å². The molecule has 0 radical (unpaired) electrons. The van der Waals surface area contributed by atoms with Gasteiger partial charge in [-0.2, -0.15) is 0 Å². The maximum Gasteiger partial charge on any atom is 0.303 e. The fraction of sp³-hybridized carbons (Fsp3) is 0.429. The molecule has 0 heterocycles. The number of carboxylic acid groups (broad SMARTS) is 1. The van der Waals surface area contributed by atoms with Crippen molar-refractivity contribution >= 4 is 27.8 Å². The summed E-state index contributed by atoms with van der Waals surface area (Å²) in [6.07, 6.45) is 0.239. The van der Waals surface area contributed by atoms with Gasteiger partial charge in [0, 0.05) is 23.0 Å². The molecule has 0 aliphatic heterocycles. The highest BCUT2D eigenvalue weighted by atomic mass is 79.9. The molecule has 0 spiro atoms. The number of carbonyl (C=O) groups excluding carboxylic acids is 1. The molecule has 0 fully saturated rings. The Kier molecular flexibility index (Phi) is 6.51. The van der Waals surface area contributed by atoms with E-state index in [0.717, 1.165) is 10.0 Å². The molecule has 1 rings (SSSR count). The molecular weight excluding hydrogens is 326 g/mol. The topological polar surface area (TPSA) is 75.6 Å². The second-order valence-electron chi connectivity index (χ2n) is 4.64. The summed E-state index contributed by atoms with van der Waals surface area (Å²) in [5.41, 5.74) is 0.783. The lowest BCUT2D eigenvalue weighted by Gasteiger charge is -2.12. The Hall–Kier alpha value is -1.56. The summed E-state index contributed by atoms with van der Waals surface area (Å²) < 4.78 is 6.08. The average Bonchev–Trinajstić information content (AvgIpc) is 2.36. The predicted octanol–water partition coefficient (Wildman–Crippen LogP) is 2.23. The van der Waals surface area contributed by atoms with Crippen molar-refractivity contribution in [1.82, 2.24) is 5.32 Å². The summed E-state index contributed by atoms with van der Waals surface area (Å²) in [7, 11) is 1.56. The van der Waals surface area contributed by atoms with E-state index in [9.17, 15) is 9.59 Å². The number of halogens is 1. The van der Waals surface area contributed by atoms with Gasteiger partial charge in [-0.3, -0.25) is 9.59 Å². The first-order valence-corrected chi connectivity index (χ1v) is 7.02. The Bertz CT molecular complexity index is 490. The summed E-state index contributed by atoms with van der Waals surface area (Å²) in [5, 5.41) is 11.4. The summed E-state index contributed by atoms with van der Waals surface area (Å²) in [4.78, 5) is 22.4. The monoisotopic (exact) mass is 343 g/mol. The maximum absolute atomic E-state index is 11.9. The summed E-state index contributed by atoms with van der Waals surface area (Å²) in [6.45, 7) is 2.13. The van der Waals surface area contributed by atoms with Crippen LogP contribution in [0.5, 0.6) is 5.75 Å². The Morgan fingerprint density at radius 1 is 1.45 bits per heavy atom. The second kappa shape index (κ2) is 7.89. The molecule has 2 N–H and O–H groups in total. The van der Waals surface area contributed by atoms with Gasteiger partial charge in [0.05, 0.1) is 13.5 Å². The van der Waals surface area contributed by atoms with Crippen LogP contribution in [0.1, 0.15) is 18.9 Å². The molecule has 0 bridgehead atoms. The van der Waals surface area contributed by atoms with E-state index in [4.69, 9.17) is 9.84 Å². The number of aliphatic carboxylic acids is 1. The highest BCUT2D eigenvalue weighted by Gasteiger charge is 2.12. The van der Waals surface area contributed by atoms with E-state index in [-0.39, 0.29) is 24.7 Å². The minimum atomic E-state index is -0.861. The van der Waals surface area contributed by atoms with Crippen LogP contribution in [-0.4, -0.2) is 30.6 Å². The number of amides is 1. The Balaban J connectivity index is 2.54. The van der Waals surface area contributed by atoms with Crippen LogP contribution in [0.4, 0.5) is 0 Å². The number of hydrogen-bond acceptors (Lipinski definition) is 3. The number of benzene rings is 1. The van der Waals surface area contributed by atoms with Crippen LogP contribution in [0, 0.1) is 5.92 Å². The molecule has 20 heavy (non-hydrogen) atoms. The zero-order valence-corrected chi connectivity index (χ0v) is 13.1. The van der Waals surface area contributed by atoms with E-state index in [0.29, 0.717) is 12.3 Å². The lowest BCUT2D eigenvalue weighted by molar-refractivity contribution is -0.138. The van der Waals surface area contributed by atoms with E-state index in [1.54, 1.807) is 20.1 Å². The first-order valence-electron chi connectivity index (χ1n) is 6.23. The molecule has 1 amide bonds. The Morgan fingerprint density at radius 2 is 2.15 bits per heavy atom. The highest BCUT2D eigenvalue weighted by Crippen LogP contribution is 2.23. The predicted molar refractivity (Wildman–Crippen MR) is 78.8 cm³/mol. The van der Waals surface area contributed by atoms with Crippen molar-refractivity contribution in [2.45, 2.75) is 19.8 Å². The number of ether oxygens (including phenoxy) is 1. The quantitative estimate of drug-likeness (QED) is 0.795. The standard InChI is InChI=1S/C14H18BrNO4/c1-9(5-14(18)19)8-16-13(17)7-10-6-11(15)3-4-12(10)20-2/h3-4,6,9H,5,7-8H2,1-2H3,(H,16,17)(H,18,19). The number of carbonyl (C=O) groups is 2. The summed E-state index contributed by atoms with van der Waals surface area (Å²) in [6, 6.07) is 5.47. The van der Waals surface area contributed by atoms with Crippen molar-refractivity contribution in [2.75, 3.05) is 13.7 Å². The van der Waals surface area contributed by atoms with Crippen LogP contribution in [0.3, 0.4) is 0 Å². The van der Waals surface area contributed by atoms with Crippen LogP contribution in [0.2, 0.25) is 0 Å². The molecule has 1 unspecified atom stereocenters. The third kappa shape index (κ3) is 5.61. The van der Waals surface area contributed by atoms with Gasteiger partial charge >= 0.3 is 5.97 Å². The second-order valence-corrected chi connectivity index (χ2v) is 5.56. The number of carboxylic acids is 1. The molecule has 6 heteroatoms. The number of rotatable bonds is 7. The van der Waals surface area contributed by atoms with Crippen LogP contribution >= 0.6 is 15.9 Å². The van der Waals surface area contributed by atoms with Crippen LogP contribution in [0.25, 0.3) is 0 Å². The van der Waals surface area contributed by atoms with Gasteiger partial charge in [0.25, 0.3) is 0 Å². The van der Waals surface area contributed by atoms with Crippen LogP contribution in [-0.2, 0) is 16.0 Å². The summed E-state index contributed by atoms with van der Waals surface area (Å²) in [5.74, 6) is -0.457. The molecule has 0 saturated heterocycles. The van der Waals surface area contributed by atoms with Crippen molar-refractivity contribution < 1.29 is 19.4 Å². The van der Waals surface area contributed by atoms with E-state index in [2.05, 4.69) is 21.2 Å². The fourth-order valence-electron chi connectivity index (χ4n) is 1.78. The molecule has 0 aliphatic rings. The van der Waals surface area contributed by atoms with E-state index < -0.39 is 5.97 Å². The smallest absolute Gasteiger partial charge is 0.303 e. The van der Waals surface area contributed by atoms with Crippen molar-refractivity contribution in [1.29, 1.82) is 0 Å². The molecule has 0 saturated carbocycles. The SMILES string of the molecule is COc1ccc(Br)cc1CC(=O)NCC(C)CC(=O)O. The fourth-order valence-corrected chi connectivity index (χ4v) is 2.19. The van der Waals surface area contributed by atoms with Gasteiger partial charge in [-0.15, -0.1) is 0 Å². The first kappa shape index (κ1) is 16.5. The molecule has 1 aromatic rings. The molecule has 0 aliphatic carbocycles. The van der Waals surface area contributed by atoms with Crippen molar-refractivity contribution in [3.63, 3.8) is 0 Å². The van der Waals surface area contributed by atoms with Crippen molar-refractivity contribution in [3.05, 3.63) is 28.2 Å². The molecule has 1 atom stereocenters. The first-order chi connectivity index (χ1) is 9.42. The van der Waals surface area contributed by atoms with Gasteiger partial charge in [-0.25, -0.2) is 0 Å². The third-order valence-electron chi connectivity index (χ3n) is 2.76. The van der Waals surface area contributed by atoms with Crippen molar-refractivity contribution in [3.8, 4) is 5.75 Å².